The van der Waals surface area contributed by atoms with Gasteiger partial charge in [0.05, 0.1) is 14.2 Å². The lowest BCUT2D eigenvalue weighted by Crippen LogP contribution is -2.22. The number of amides is 1. The minimum Gasteiger partial charge on any atom is -0.493 e. The fourth-order valence-electron chi connectivity index (χ4n) is 2.66. The van der Waals surface area contributed by atoms with Crippen molar-refractivity contribution >= 4 is 11.6 Å². The molecule has 0 fully saturated rings. The molecule has 0 aliphatic carbocycles. The predicted molar refractivity (Wildman–Crippen MR) is 96.9 cm³/mol. The summed E-state index contributed by atoms with van der Waals surface area (Å²) in [6.07, 6.45) is 1.53. The maximum Gasteiger partial charge on any atom is 0.227 e. The molecule has 24 heavy (non-hydrogen) atoms. The minimum absolute atomic E-state index is 0.0192. The van der Waals surface area contributed by atoms with Crippen LogP contribution in [0, 0.1) is 5.92 Å². The molecule has 4 heteroatoms. The van der Waals surface area contributed by atoms with Crippen molar-refractivity contribution in [2.45, 2.75) is 26.7 Å². The smallest absolute Gasteiger partial charge is 0.227 e. The summed E-state index contributed by atoms with van der Waals surface area (Å²) in [5, 5.41) is 3.04. The molecule has 4 nitrogen and oxygen atoms in total. The summed E-state index contributed by atoms with van der Waals surface area (Å²) in [5.74, 6) is 1.24. The van der Waals surface area contributed by atoms with Gasteiger partial charge < -0.3 is 14.8 Å². The molecular formula is C20H25NO3. The molecule has 0 saturated heterocycles. The number of nitrogens with one attached hydrogen (secondary N) is 1. The van der Waals surface area contributed by atoms with Gasteiger partial charge in [-0.05, 0) is 42.2 Å². The molecule has 0 heterocycles. The van der Waals surface area contributed by atoms with Crippen LogP contribution in [0.3, 0.4) is 0 Å². The number of methoxy groups -OCH3 is 2. The summed E-state index contributed by atoms with van der Waals surface area (Å²) in [6.45, 7) is 4.01. The Hall–Kier alpha value is -2.49. The maximum atomic E-state index is 12.5. The van der Waals surface area contributed by atoms with Gasteiger partial charge in [0.2, 0.25) is 5.91 Å². The molecule has 0 radical (unpaired) electrons. The Balaban J connectivity index is 2.06. The first-order chi connectivity index (χ1) is 11.6. The zero-order valence-corrected chi connectivity index (χ0v) is 14.8. The van der Waals surface area contributed by atoms with Crippen molar-refractivity contribution in [3.05, 3.63) is 53.6 Å². The van der Waals surface area contributed by atoms with Crippen molar-refractivity contribution in [1.82, 2.24) is 0 Å². The summed E-state index contributed by atoms with van der Waals surface area (Å²) >= 11 is 0. The summed E-state index contributed by atoms with van der Waals surface area (Å²) in [6, 6.07) is 13.7. The number of rotatable bonds is 7. The summed E-state index contributed by atoms with van der Waals surface area (Å²) in [4.78, 5) is 12.5. The first-order valence-electron chi connectivity index (χ1n) is 8.18. The molecular weight excluding hydrogens is 302 g/mol. The number of aryl methyl sites for hydroxylation is 1. The van der Waals surface area contributed by atoms with Crippen molar-refractivity contribution in [3.8, 4) is 11.5 Å². The average Bonchev–Trinajstić information content (AvgIpc) is 2.61. The van der Waals surface area contributed by atoms with Crippen molar-refractivity contribution < 1.29 is 14.3 Å². The Morgan fingerprint density at radius 2 is 1.79 bits per heavy atom. The van der Waals surface area contributed by atoms with Gasteiger partial charge in [-0.15, -0.1) is 0 Å². The van der Waals surface area contributed by atoms with Gasteiger partial charge in [-0.25, -0.2) is 0 Å². The van der Waals surface area contributed by atoms with E-state index in [9.17, 15) is 4.79 Å². The highest BCUT2D eigenvalue weighted by molar-refractivity contribution is 5.93. The molecule has 0 spiro atoms. The van der Waals surface area contributed by atoms with Gasteiger partial charge in [0.1, 0.15) is 0 Å². The van der Waals surface area contributed by atoms with E-state index in [1.807, 2.05) is 49.4 Å². The van der Waals surface area contributed by atoms with Crippen LogP contribution in [0.5, 0.6) is 11.5 Å². The SMILES string of the molecule is CCc1ccccc1NC(=O)C(C)Cc1ccc(OC)c(OC)c1. The van der Waals surface area contributed by atoms with E-state index in [1.165, 1.54) is 0 Å². The van der Waals surface area contributed by atoms with Gasteiger partial charge in [-0.2, -0.15) is 0 Å². The number of carbonyl (C=O) groups is 1. The third-order valence-corrected chi connectivity index (χ3v) is 4.09. The lowest BCUT2D eigenvalue weighted by molar-refractivity contribution is -0.119. The summed E-state index contributed by atoms with van der Waals surface area (Å²) in [5.41, 5.74) is 3.08. The van der Waals surface area contributed by atoms with Crippen LogP contribution in [0.4, 0.5) is 5.69 Å². The third kappa shape index (κ3) is 4.28. The van der Waals surface area contributed by atoms with E-state index in [-0.39, 0.29) is 11.8 Å². The number of anilines is 1. The van der Waals surface area contributed by atoms with E-state index in [1.54, 1.807) is 14.2 Å². The van der Waals surface area contributed by atoms with Crippen molar-refractivity contribution in [1.29, 1.82) is 0 Å². The second-order valence-electron chi connectivity index (χ2n) is 5.79. The maximum absolute atomic E-state index is 12.5. The van der Waals surface area contributed by atoms with Crippen LogP contribution in [0.15, 0.2) is 42.5 Å². The Kier molecular flexibility index (Phi) is 6.24. The molecule has 0 saturated carbocycles. The molecule has 1 N–H and O–H groups in total. The molecule has 2 aromatic rings. The van der Waals surface area contributed by atoms with Crippen molar-refractivity contribution in [2.24, 2.45) is 5.92 Å². The topological polar surface area (TPSA) is 47.6 Å². The molecule has 0 bridgehead atoms. The van der Waals surface area contributed by atoms with E-state index in [0.29, 0.717) is 17.9 Å². The lowest BCUT2D eigenvalue weighted by atomic mass is 9.99. The van der Waals surface area contributed by atoms with Crippen LogP contribution < -0.4 is 14.8 Å². The highest BCUT2D eigenvalue weighted by atomic mass is 16.5. The molecule has 1 amide bonds. The third-order valence-electron chi connectivity index (χ3n) is 4.09. The number of ether oxygens (including phenoxy) is 2. The Bertz CT molecular complexity index is 697. The molecule has 128 valence electrons. The Morgan fingerprint density at radius 3 is 2.46 bits per heavy atom. The molecule has 2 aromatic carbocycles. The normalized spacial score (nSPS) is 11.7. The van der Waals surface area contributed by atoms with Gasteiger partial charge in [-0.3, -0.25) is 4.79 Å². The number of hydrogen-bond acceptors (Lipinski definition) is 3. The van der Waals surface area contributed by atoms with E-state index in [4.69, 9.17) is 9.47 Å². The fourth-order valence-corrected chi connectivity index (χ4v) is 2.66. The van der Waals surface area contributed by atoms with Crippen LogP contribution in [-0.4, -0.2) is 20.1 Å². The largest absolute Gasteiger partial charge is 0.493 e. The van der Waals surface area contributed by atoms with Crippen LogP contribution in [0.25, 0.3) is 0 Å². The van der Waals surface area contributed by atoms with Crippen LogP contribution in [0.1, 0.15) is 25.0 Å². The molecule has 1 unspecified atom stereocenters. The molecule has 0 aliphatic rings. The van der Waals surface area contributed by atoms with Gasteiger partial charge in [0, 0.05) is 11.6 Å². The predicted octanol–water partition coefficient (Wildman–Crippen LogP) is 4.08. The first kappa shape index (κ1) is 17.9. The number of hydrogen-bond donors (Lipinski definition) is 1. The van der Waals surface area contributed by atoms with E-state index in [0.717, 1.165) is 23.2 Å². The van der Waals surface area contributed by atoms with Crippen molar-refractivity contribution in [2.75, 3.05) is 19.5 Å². The second-order valence-corrected chi connectivity index (χ2v) is 5.79. The molecule has 0 aromatic heterocycles. The standard InChI is InChI=1S/C20H25NO3/c1-5-16-8-6-7-9-17(16)21-20(22)14(2)12-15-10-11-18(23-3)19(13-15)24-4/h6-11,13-14H,5,12H2,1-4H3,(H,21,22). The second kappa shape index (κ2) is 8.39. The van der Waals surface area contributed by atoms with Crippen LogP contribution in [-0.2, 0) is 17.6 Å². The molecule has 0 aliphatic heterocycles. The Morgan fingerprint density at radius 1 is 1.08 bits per heavy atom. The lowest BCUT2D eigenvalue weighted by Gasteiger charge is -2.15. The fraction of sp³-hybridized carbons (Fsp3) is 0.350. The zero-order chi connectivity index (χ0) is 17.5. The number of benzene rings is 2. The van der Waals surface area contributed by atoms with E-state index < -0.39 is 0 Å². The van der Waals surface area contributed by atoms with Crippen molar-refractivity contribution in [3.63, 3.8) is 0 Å². The van der Waals surface area contributed by atoms with E-state index in [2.05, 4.69) is 12.2 Å². The zero-order valence-electron chi connectivity index (χ0n) is 14.8. The summed E-state index contributed by atoms with van der Waals surface area (Å²) < 4.78 is 10.6. The monoisotopic (exact) mass is 327 g/mol. The van der Waals surface area contributed by atoms with Gasteiger partial charge in [0.15, 0.2) is 11.5 Å². The minimum atomic E-state index is -0.145. The average molecular weight is 327 g/mol. The van der Waals surface area contributed by atoms with Gasteiger partial charge in [0.25, 0.3) is 0 Å². The molecule has 1 atom stereocenters. The quantitative estimate of drug-likeness (QED) is 0.833. The van der Waals surface area contributed by atoms with Crippen LogP contribution >= 0.6 is 0 Å². The Labute approximate surface area is 143 Å². The molecule has 2 rings (SSSR count). The van der Waals surface area contributed by atoms with Crippen LogP contribution in [0.2, 0.25) is 0 Å². The number of para-hydroxylation sites is 1. The highest BCUT2D eigenvalue weighted by Crippen LogP contribution is 2.28. The van der Waals surface area contributed by atoms with E-state index >= 15 is 0 Å². The highest BCUT2D eigenvalue weighted by Gasteiger charge is 2.16. The van der Waals surface area contributed by atoms with Gasteiger partial charge >= 0.3 is 0 Å². The summed E-state index contributed by atoms with van der Waals surface area (Å²) in [7, 11) is 3.22. The first-order valence-corrected chi connectivity index (χ1v) is 8.18. The van der Waals surface area contributed by atoms with Gasteiger partial charge in [-0.1, -0.05) is 38.1 Å². The number of carbonyl (C=O) groups excluding carboxylic acids is 1.